The molecule has 0 aliphatic heterocycles. The van der Waals surface area contributed by atoms with Gasteiger partial charge in [-0.1, -0.05) is 141 Å². The fourth-order valence-electron chi connectivity index (χ4n) is 7.13. The Labute approximate surface area is 337 Å². The zero-order chi connectivity index (χ0) is 39.6. The first kappa shape index (κ1) is 48.0. The van der Waals surface area contributed by atoms with Gasteiger partial charge in [0.1, 0.15) is 0 Å². The Morgan fingerprint density at radius 3 is 1.15 bits per heavy atom. The average molecular weight is 763 g/mol. The summed E-state index contributed by atoms with van der Waals surface area (Å²) in [4.78, 5) is 30.0. The smallest absolute Gasteiger partial charge is 0.319 e. The fourth-order valence-corrected chi connectivity index (χ4v) is 7.13. The Bertz CT molecular complexity index is 1150. The van der Waals surface area contributed by atoms with Gasteiger partial charge in [-0.2, -0.15) is 0 Å². The van der Waals surface area contributed by atoms with Gasteiger partial charge in [-0.15, -0.1) is 0 Å². The highest BCUT2D eigenvalue weighted by molar-refractivity contribution is 5.89. The Balaban J connectivity index is 1.54. The van der Waals surface area contributed by atoms with Crippen LogP contribution in [0.2, 0.25) is 0 Å². The van der Waals surface area contributed by atoms with Crippen LogP contribution in [-0.2, 0) is 6.42 Å². The van der Waals surface area contributed by atoms with Gasteiger partial charge in [-0.25, -0.2) is 9.59 Å². The molecule has 0 fully saturated rings. The largest absolute Gasteiger partial charge is 0.338 e. The van der Waals surface area contributed by atoms with Crippen molar-refractivity contribution in [2.24, 2.45) is 0 Å². The number of hydrogen-bond acceptors (Lipinski definition) is 4. The lowest BCUT2D eigenvalue weighted by Gasteiger charge is -2.16. The van der Waals surface area contributed by atoms with Crippen molar-refractivity contribution in [1.82, 2.24) is 20.4 Å². The van der Waals surface area contributed by atoms with Gasteiger partial charge in [0.25, 0.3) is 0 Å². The topological polar surface area (TPSA) is 88.7 Å². The molecule has 0 spiro atoms. The number of nitrogens with one attached hydrogen (secondary N) is 4. The quantitative estimate of drug-likeness (QED) is 0.0535. The van der Waals surface area contributed by atoms with E-state index in [9.17, 15) is 9.59 Å². The van der Waals surface area contributed by atoms with Crippen molar-refractivity contribution >= 4 is 23.4 Å². The summed E-state index contributed by atoms with van der Waals surface area (Å²) in [6.07, 6.45) is 29.4. The van der Waals surface area contributed by atoms with E-state index in [1.54, 1.807) is 0 Å². The molecular formula is C47H82N6O2. The first-order valence-corrected chi connectivity index (χ1v) is 22.5. The standard InChI is InChI=1S/C47H82N6O2/c1-5-7-9-11-13-15-17-19-23-35-52(3)37-25-21-33-48-46(54)50-44-31-27-29-42(40-44)39-43-30-28-32-45(41-43)51-47(55)49-34-22-26-38-53(4)36-24-20-18-16-14-12-10-8-6-2/h27-32,40-41H,5-26,33-39H2,1-4H3,(H2,48,50,54)(H2,49,51,55). The molecule has 0 heterocycles. The van der Waals surface area contributed by atoms with Gasteiger partial charge in [0.05, 0.1) is 0 Å². The van der Waals surface area contributed by atoms with E-state index in [1.165, 1.54) is 116 Å². The van der Waals surface area contributed by atoms with Crippen molar-refractivity contribution in [2.75, 3.05) is 64.0 Å². The lowest BCUT2D eigenvalue weighted by atomic mass is 10.0. The monoisotopic (exact) mass is 763 g/mol. The zero-order valence-electron chi connectivity index (χ0n) is 35.8. The molecule has 55 heavy (non-hydrogen) atoms. The average Bonchev–Trinajstić information content (AvgIpc) is 3.16. The molecule has 0 radical (unpaired) electrons. The number of hydrogen-bond donors (Lipinski definition) is 4. The third kappa shape index (κ3) is 27.2. The molecule has 0 bridgehead atoms. The fraction of sp³-hybridized carbons (Fsp3) is 0.702. The summed E-state index contributed by atoms with van der Waals surface area (Å²) in [5.74, 6) is 0. The van der Waals surface area contributed by atoms with E-state index in [1.807, 2.05) is 36.4 Å². The molecule has 0 unspecified atom stereocenters. The minimum atomic E-state index is -0.168. The Morgan fingerprint density at radius 2 is 0.782 bits per heavy atom. The molecule has 0 aliphatic carbocycles. The van der Waals surface area contributed by atoms with Crippen LogP contribution in [-0.4, -0.2) is 75.2 Å². The molecule has 4 amide bonds. The maximum Gasteiger partial charge on any atom is 0.319 e. The van der Waals surface area contributed by atoms with Gasteiger partial charge in [0, 0.05) is 24.5 Å². The SMILES string of the molecule is CCCCCCCCCCCN(C)CCCCNC(=O)Nc1cccc(Cc2cccc(NC(=O)NCCCCN(C)CCCCCCCCCCC)c2)c1. The number of carbonyl (C=O) groups excluding carboxylic acids is 2. The number of benzene rings is 2. The summed E-state index contributed by atoms with van der Waals surface area (Å²) >= 11 is 0. The minimum Gasteiger partial charge on any atom is -0.338 e. The van der Waals surface area contributed by atoms with Crippen molar-refractivity contribution in [3.05, 3.63) is 59.7 Å². The predicted molar refractivity (Wildman–Crippen MR) is 238 cm³/mol. The zero-order valence-corrected chi connectivity index (χ0v) is 35.8. The number of rotatable bonds is 34. The summed E-state index contributed by atoms with van der Waals surface area (Å²) in [6, 6.07) is 15.6. The molecule has 0 atom stereocenters. The van der Waals surface area contributed by atoms with Crippen LogP contribution >= 0.6 is 0 Å². The molecule has 2 aromatic rings. The molecule has 0 aromatic heterocycles. The highest BCUT2D eigenvalue weighted by atomic mass is 16.2. The Hall–Kier alpha value is -3.10. The van der Waals surface area contributed by atoms with Crippen LogP contribution in [0.5, 0.6) is 0 Å². The van der Waals surface area contributed by atoms with Crippen molar-refractivity contribution in [1.29, 1.82) is 0 Å². The third-order valence-electron chi connectivity index (χ3n) is 10.6. The molecule has 8 heteroatoms. The van der Waals surface area contributed by atoms with E-state index >= 15 is 0 Å². The molecule has 2 rings (SSSR count). The van der Waals surface area contributed by atoms with Crippen LogP contribution in [0.25, 0.3) is 0 Å². The highest BCUT2D eigenvalue weighted by Crippen LogP contribution is 2.18. The lowest BCUT2D eigenvalue weighted by Crippen LogP contribution is -2.30. The summed E-state index contributed by atoms with van der Waals surface area (Å²) in [7, 11) is 4.42. The van der Waals surface area contributed by atoms with Crippen LogP contribution in [0, 0.1) is 0 Å². The Kier molecular flexibility index (Phi) is 28.9. The van der Waals surface area contributed by atoms with E-state index in [4.69, 9.17) is 0 Å². The number of unbranched alkanes of at least 4 members (excludes halogenated alkanes) is 18. The molecule has 0 saturated heterocycles. The number of anilines is 2. The van der Waals surface area contributed by atoms with Gasteiger partial charge < -0.3 is 31.1 Å². The van der Waals surface area contributed by atoms with Crippen molar-refractivity contribution < 1.29 is 9.59 Å². The molecule has 0 aliphatic rings. The summed E-state index contributed by atoms with van der Waals surface area (Å²) in [6.45, 7) is 10.3. The summed E-state index contributed by atoms with van der Waals surface area (Å²) < 4.78 is 0. The maximum absolute atomic E-state index is 12.6. The van der Waals surface area contributed by atoms with Crippen molar-refractivity contribution in [3.63, 3.8) is 0 Å². The highest BCUT2D eigenvalue weighted by Gasteiger charge is 2.07. The second-order valence-electron chi connectivity index (χ2n) is 16.0. The van der Waals surface area contributed by atoms with Gasteiger partial charge in [-0.05, 0) is 121 Å². The number of carbonyl (C=O) groups is 2. The maximum atomic E-state index is 12.6. The molecule has 2 aromatic carbocycles. The van der Waals surface area contributed by atoms with Crippen LogP contribution < -0.4 is 21.3 Å². The molecular weight excluding hydrogens is 681 g/mol. The molecule has 8 nitrogen and oxygen atoms in total. The van der Waals surface area contributed by atoms with E-state index in [0.29, 0.717) is 19.5 Å². The van der Waals surface area contributed by atoms with Gasteiger partial charge >= 0.3 is 12.1 Å². The third-order valence-corrected chi connectivity index (χ3v) is 10.6. The summed E-state index contributed by atoms with van der Waals surface area (Å²) in [5, 5.41) is 12.0. The number of nitrogens with zero attached hydrogens (tertiary/aromatic N) is 2. The second-order valence-corrected chi connectivity index (χ2v) is 16.0. The van der Waals surface area contributed by atoms with Crippen molar-refractivity contribution in [2.45, 2.75) is 162 Å². The number of amides is 4. The first-order valence-electron chi connectivity index (χ1n) is 22.5. The number of urea groups is 2. The van der Waals surface area contributed by atoms with E-state index in [-0.39, 0.29) is 12.1 Å². The van der Waals surface area contributed by atoms with Crippen LogP contribution in [0.15, 0.2) is 48.5 Å². The Morgan fingerprint density at radius 1 is 0.455 bits per heavy atom. The second kappa shape index (κ2) is 33.1. The van der Waals surface area contributed by atoms with Crippen LogP contribution in [0.1, 0.15) is 166 Å². The molecule has 0 saturated carbocycles. The summed E-state index contributed by atoms with van der Waals surface area (Å²) in [5.41, 5.74) is 3.74. The van der Waals surface area contributed by atoms with Crippen LogP contribution in [0.3, 0.4) is 0 Å². The van der Waals surface area contributed by atoms with Crippen LogP contribution in [0.4, 0.5) is 21.0 Å². The molecule has 4 N–H and O–H groups in total. The predicted octanol–water partition coefficient (Wildman–Crippen LogP) is 12.0. The van der Waals surface area contributed by atoms with Gasteiger partial charge in [0.15, 0.2) is 0 Å². The van der Waals surface area contributed by atoms with Crippen molar-refractivity contribution in [3.8, 4) is 0 Å². The van der Waals surface area contributed by atoms with E-state index in [2.05, 4.69) is 71.1 Å². The first-order chi connectivity index (χ1) is 26.9. The van der Waals surface area contributed by atoms with E-state index in [0.717, 1.165) is 74.4 Å². The van der Waals surface area contributed by atoms with Gasteiger partial charge in [0.2, 0.25) is 0 Å². The van der Waals surface area contributed by atoms with E-state index < -0.39 is 0 Å². The molecule has 312 valence electrons. The lowest BCUT2D eigenvalue weighted by molar-refractivity contribution is 0.250. The normalized spacial score (nSPS) is 11.3. The van der Waals surface area contributed by atoms with Gasteiger partial charge in [-0.3, -0.25) is 0 Å². The minimum absolute atomic E-state index is 0.168.